The zero-order chi connectivity index (χ0) is 13.2. The fourth-order valence-corrected chi connectivity index (χ4v) is 2.83. The fourth-order valence-electron chi connectivity index (χ4n) is 2.83. The second kappa shape index (κ2) is 5.41. The van der Waals surface area contributed by atoms with Gasteiger partial charge in [0.2, 0.25) is 0 Å². The van der Waals surface area contributed by atoms with Gasteiger partial charge >= 0.3 is 0 Å². The van der Waals surface area contributed by atoms with Crippen LogP contribution in [0.3, 0.4) is 0 Å². The Balaban J connectivity index is 2.11. The lowest BCUT2D eigenvalue weighted by atomic mass is 9.83. The summed E-state index contributed by atoms with van der Waals surface area (Å²) in [5.41, 5.74) is 1.74. The van der Waals surface area contributed by atoms with Crippen molar-refractivity contribution in [2.75, 3.05) is 13.1 Å². The molecule has 1 N–H and O–H groups in total. The highest BCUT2D eigenvalue weighted by atomic mass is 15.2. The molecule has 1 aliphatic heterocycles. The first-order valence-corrected chi connectivity index (χ1v) is 6.98. The standard InChI is InChI=1S/C16H26N2/c1-13-11-18(12-14-8-6-5-7-9-14)15(10-17-13)16(2,3)4/h5-9,13,15,17H,10-12H2,1-4H3. The predicted octanol–water partition coefficient (Wildman–Crippen LogP) is 2.90. The van der Waals surface area contributed by atoms with E-state index in [0.29, 0.717) is 17.5 Å². The van der Waals surface area contributed by atoms with Gasteiger partial charge in [0.15, 0.2) is 0 Å². The van der Waals surface area contributed by atoms with Crippen molar-refractivity contribution in [3.63, 3.8) is 0 Å². The van der Waals surface area contributed by atoms with Crippen molar-refractivity contribution in [1.82, 2.24) is 10.2 Å². The van der Waals surface area contributed by atoms with Gasteiger partial charge in [-0.15, -0.1) is 0 Å². The highest BCUT2D eigenvalue weighted by Crippen LogP contribution is 2.27. The number of rotatable bonds is 2. The SMILES string of the molecule is CC1CN(Cc2ccccc2)C(C(C)(C)C)CN1. The van der Waals surface area contributed by atoms with E-state index in [1.54, 1.807) is 0 Å². The van der Waals surface area contributed by atoms with E-state index >= 15 is 0 Å². The molecule has 1 heterocycles. The highest BCUT2D eigenvalue weighted by molar-refractivity contribution is 5.15. The minimum Gasteiger partial charge on any atom is -0.311 e. The normalized spacial score (nSPS) is 26.2. The summed E-state index contributed by atoms with van der Waals surface area (Å²) in [5, 5.41) is 3.61. The lowest BCUT2D eigenvalue weighted by Gasteiger charge is -2.46. The number of benzene rings is 1. The van der Waals surface area contributed by atoms with Crippen LogP contribution in [0, 0.1) is 5.41 Å². The molecule has 0 saturated carbocycles. The van der Waals surface area contributed by atoms with Gasteiger partial charge in [-0.25, -0.2) is 0 Å². The van der Waals surface area contributed by atoms with Gasteiger partial charge in [0, 0.05) is 31.7 Å². The van der Waals surface area contributed by atoms with Gasteiger partial charge in [0.05, 0.1) is 0 Å². The van der Waals surface area contributed by atoms with Crippen LogP contribution in [0.4, 0.5) is 0 Å². The van der Waals surface area contributed by atoms with Crippen molar-refractivity contribution in [1.29, 1.82) is 0 Å². The van der Waals surface area contributed by atoms with E-state index in [4.69, 9.17) is 0 Å². The minimum absolute atomic E-state index is 0.321. The van der Waals surface area contributed by atoms with Gasteiger partial charge in [-0.2, -0.15) is 0 Å². The summed E-state index contributed by atoms with van der Waals surface area (Å²) < 4.78 is 0. The molecule has 2 atom stereocenters. The van der Waals surface area contributed by atoms with Crippen molar-refractivity contribution >= 4 is 0 Å². The molecule has 2 nitrogen and oxygen atoms in total. The summed E-state index contributed by atoms with van der Waals surface area (Å²) in [4.78, 5) is 2.64. The molecular formula is C16H26N2. The van der Waals surface area contributed by atoms with Crippen LogP contribution >= 0.6 is 0 Å². The second-order valence-corrected chi connectivity index (χ2v) is 6.61. The number of piperazine rings is 1. The molecule has 0 radical (unpaired) electrons. The van der Waals surface area contributed by atoms with E-state index in [9.17, 15) is 0 Å². The zero-order valence-electron chi connectivity index (χ0n) is 12.1. The Labute approximate surface area is 111 Å². The third-order valence-electron chi connectivity index (χ3n) is 3.84. The van der Waals surface area contributed by atoms with E-state index < -0.39 is 0 Å². The molecule has 0 aliphatic carbocycles. The molecule has 0 spiro atoms. The molecule has 1 saturated heterocycles. The zero-order valence-corrected chi connectivity index (χ0v) is 12.1. The average Bonchev–Trinajstić information content (AvgIpc) is 2.28. The molecule has 18 heavy (non-hydrogen) atoms. The first kappa shape index (κ1) is 13.6. The monoisotopic (exact) mass is 246 g/mol. The topological polar surface area (TPSA) is 15.3 Å². The van der Waals surface area contributed by atoms with Gasteiger partial charge in [-0.3, -0.25) is 4.90 Å². The van der Waals surface area contributed by atoms with Crippen LogP contribution in [-0.2, 0) is 6.54 Å². The lowest BCUT2D eigenvalue weighted by molar-refractivity contribution is 0.0526. The average molecular weight is 246 g/mol. The first-order valence-electron chi connectivity index (χ1n) is 6.98. The van der Waals surface area contributed by atoms with Crippen molar-refractivity contribution in [3.05, 3.63) is 35.9 Å². The maximum atomic E-state index is 3.61. The maximum Gasteiger partial charge on any atom is 0.0273 e. The molecule has 0 aromatic heterocycles. The van der Waals surface area contributed by atoms with E-state index in [2.05, 4.69) is 68.2 Å². The predicted molar refractivity (Wildman–Crippen MR) is 77.6 cm³/mol. The third kappa shape index (κ3) is 3.33. The molecule has 1 aromatic carbocycles. The number of nitrogens with zero attached hydrogens (tertiary/aromatic N) is 1. The van der Waals surface area contributed by atoms with E-state index in [1.165, 1.54) is 5.56 Å². The van der Waals surface area contributed by atoms with Gasteiger partial charge in [-0.1, -0.05) is 51.1 Å². The molecule has 1 fully saturated rings. The number of nitrogens with one attached hydrogen (secondary N) is 1. The Morgan fingerprint density at radius 2 is 1.89 bits per heavy atom. The molecule has 2 unspecified atom stereocenters. The van der Waals surface area contributed by atoms with Crippen molar-refractivity contribution in [2.45, 2.75) is 46.3 Å². The summed E-state index contributed by atoms with van der Waals surface area (Å²) >= 11 is 0. The van der Waals surface area contributed by atoms with Crippen molar-refractivity contribution < 1.29 is 0 Å². The van der Waals surface area contributed by atoms with E-state index in [0.717, 1.165) is 19.6 Å². The van der Waals surface area contributed by atoms with E-state index in [1.807, 2.05) is 0 Å². The molecular weight excluding hydrogens is 220 g/mol. The second-order valence-electron chi connectivity index (χ2n) is 6.61. The molecule has 100 valence electrons. The smallest absolute Gasteiger partial charge is 0.0273 e. The largest absolute Gasteiger partial charge is 0.311 e. The molecule has 1 aliphatic rings. The molecule has 0 bridgehead atoms. The Kier molecular flexibility index (Phi) is 4.08. The maximum absolute atomic E-state index is 3.61. The Morgan fingerprint density at radius 1 is 1.22 bits per heavy atom. The van der Waals surface area contributed by atoms with Crippen molar-refractivity contribution in [2.24, 2.45) is 5.41 Å². The van der Waals surface area contributed by atoms with Crippen LogP contribution in [-0.4, -0.2) is 30.1 Å². The van der Waals surface area contributed by atoms with Crippen LogP contribution in [0.1, 0.15) is 33.3 Å². The fraction of sp³-hybridized carbons (Fsp3) is 0.625. The number of hydrogen-bond donors (Lipinski definition) is 1. The lowest BCUT2D eigenvalue weighted by Crippen LogP contribution is -2.59. The Bertz CT molecular complexity index is 366. The minimum atomic E-state index is 0.321. The summed E-state index contributed by atoms with van der Waals surface area (Å²) in [6.07, 6.45) is 0. The first-order chi connectivity index (χ1) is 8.47. The summed E-state index contributed by atoms with van der Waals surface area (Å²) in [7, 11) is 0. The van der Waals surface area contributed by atoms with Gasteiger partial charge in [-0.05, 0) is 17.9 Å². The van der Waals surface area contributed by atoms with Crippen molar-refractivity contribution in [3.8, 4) is 0 Å². The highest BCUT2D eigenvalue weighted by Gasteiger charge is 2.34. The van der Waals surface area contributed by atoms with Crippen LogP contribution in [0.2, 0.25) is 0 Å². The Hall–Kier alpha value is -0.860. The van der Waals surface area contributed by atoms with Gasteiger partial charge < -0.3 is 5.32 Å². The molecule has 1 aromatic rings. The molecule has 2 heteroatoms. The number of hydrogen-bond acceptors (Lipinski definition) is 2. The van der Waals surface area contributed by atoms with Crippen LogP contribution in [0.5, 0.6) is 0 Å². The Morgan fingerprint density at radius 3 is 2.50 bits per heavy atom. The quantitative estimate of drug-likeness (QED) is 0.863. The van der Waals surface area contributed by atoms with Crippen LogP contribution in [0.25, 0.3) is 0 Å². The van der Waals surface area contributed by atoms with Crippen LogP contribution in [0.15, 0.2) is 30.3 Å². The summed E-state index contributed by atoms with van der Waals surface area (Å²) in [6.45, 7) is 12.6. The molecule has 0 amide bonds. The molecule has 2 rings (SSSR count). The van der Waals surface area contributed by atoms with Gasteiger partial charge in [0.1, 0.15) is 0 Å². The third-order valence-corrected chi connectivity index (χ3v) is 3.84. The van der Waals surface area contributed by atoms with Crippen LogP contribution < -0.4 is 5.32 Å². The summed E-state index contributed by atoms with van der Waals surface area (Å²) in [5.74, 6) is 0. The summed E-state index contributed by atoms with van der Waals surface area (Å²) in [6, 6.07) is 12.0. The van der Waals surface area contributed by atoms with E-state index in [-0.39, 0.29) is 0 Å². The van der Waals surface area contributed by atoms with Gasteiger partial charge in [0.25, 0.3) is 0 Å².